The van der Waals surface area contributed by atoms with E-state index in [2.05, 4.69) is 15.3 Å². The first kappa shape index (κ1) is 13.1. The van der Waals surface area contributed by atoms with Crippen molar-refractivity contribution in [2.75, 3.05) is 36.9 Å². The third-order valence-corrected chi connectivity index (χ3v) is 3.59. The van der Waals surface area contributed by atoms with Crippen molar-refractivity contribution in [1.29, 1.82) is 0 Å². The number of hydrogen-bond acceptors (Lipinski definition) is 5. The highest BCUT2D eigenvalue weighted by atomic mass is 15.2. The molecular weight excluding hydrogens is 226 g/mol. The Hall–Kier alpha value is -1.36. The Kier molecular flexibility index (Phi) is 4.75. The van der Waals surface area contributed by atoms with Gasteiger partial charge in [0.25, 0.3) is 0 Å². The molecule has 1 aromatic heterocycles. The van der Waals surface area contributed by atoms with Gasteiger partial charge >= 0.3 is 0 Å². The van der Waals surface area contributed by atoms with Gasteiger partial charge in [-0.05, 0) is 12.3 Å². The van der Waals surface area contributed by atoms with Gasteiger partial charge in [0.2, 0.25) is 0 Å². The van der Waals surface area contributed by atoms with Gasteiger partial charge in [-0.25, -0.2) is 9.97 Å². The Balaban J connectivity index is 1.82. The quantitative estimate of drug-likeness (QED) is 0.766. The van der Waals surface area contributed by atoms with Crippen LogP contribution in [0.4, 0.5) is 11.6 Å². The zero-order valence-corrected chi connectivity index (χ0v) is 11.1. The fraction of sp³-hybridized carbons (Fsp3) is 0.692. The molecule has 0 aliphatic heterocycles. The number of hydrogen-bond donors (Lipinski definition) is 2. The van der Waals surface area contributed by atoms with Crippen molar-refractivity contribution in [3.8, 4) is 0 Å². The van der Waals surface area contributed by atoms with Gasteiger partial charge in [-0.3, -0.25) is 0 Å². The van der Waals surface area contributed by atoms with E-state index in [4.69, 9.17) is 5.73 Å². The molecule has 0 radical (unpaired) electrons. The van der Waals surface area contributed by atoms with Crippen LogP contribution in [0.25, 0.3) is 0 Å². The number of rotatable bonds is 7. The van der Waals surface area contributed by atoms with E-state index in [1.807, 2.05) is 18.0 Å². The minimum atomic E-state index is 0.630. The fourth-order valence-electron chi connectivity index (χ4n) is 2.15. The maximum atomic E-state index is 5.54. The summed E-state index contributed by atoms with van der Waals surface area (Å²) in [6.07, 6.45) is 7.06. The minimum Gasteiger partial charge on any atom is -0.370 e. The molecule has 0 aromatic carbocycles. The molecule has 1 aliphatic carbocycles. The first-order chi connectivity index (χ1) is 8.79. The van der Waals surface area contributed by atoms with E-state index in [1.165, 1.54) is 25.7 Å². The van der Waals surface area contributed by atoms with Gasteiger partial charge in [-0.1, -0.05) is 19.3 Å². The molecular formula is C13H23N5. The Bertz CT molecular complexity index is 364. The fourth-order valence-corrected chi connectivity index (χ4v) is 2.15. The van der Waals surface area contributed by atoms with Crippen molar-refractivity contribution in [1.82, 2.24) is 9.97 Å². The van der Waals surface area contributed by atoms with Crippen LogP contribution in [0, 0.1) is 5.92 Å². The largest absolute Gasteiger partial charge is 0.370 e. The second-order valence-corrected chi connectivity index (χ2v) is 4.98. The van der Waals surface area contributed by atoms with Gasteiger partial charge in [0.15, 0.2) is 0 Å². The Morgan fingerprint density at radius 2 is 2.28 bits per heavy atom. The van der Waals surface area contributed by atoms with Gasteiger partial charge in [0.1, 0.15) is 18.0 Å². The molecule has 0 atom stereocenters. The second kappa shape index (κ2) is 6.54. The van der Waals surface area contributed by atoms with E-state index in [1.54, 1.807) is 6.33 Å². The van der Waals surface area contributed by atoms with Gasteiger partial charge in [0.05, 0.1) is 0 Å². The number of nitrogens with two attached hydrogens (primary N) is 1. The summed E-state index contributed by atoms with van der Waals surface area (Å²) in [5.41, 5.74) is 5.54. The third-order valence-electron chi connectivity index (χ3n) is 3.59. The average Bonchev–Trinajstić information content (AvgIpc) is 2.33. The molecule has 5 heteroatoms. The van der Waals surface area contributed by atoms with Crippen molar-refractivity contribution >= 4 is 11.6 Å². The van der Waals surface area contributed by atoms with Crippen LogP contribution >= 0.6 is 0 Å². The van der Waals surface area contributed by atoms with Crippen molar-refractivity contribution < 1.29 is 0 Å². The lowest BCUT2D eigenvalue weighted by atomic mass is 9.83. The van der Waals surface area contributed by atoms with Crippen LogP contribution in [-0.4, -0.2) is 36.6 Å². The van der Waals surface area contributed by atoms with Crippen molar-refractivity contribution in [2.45, 2.75) is 25.7 Å². The Morgan fingerprint density at radius 3 is 2.94 bits per heavy atom. The highest BCUT2D eigenvalue weighted by Gasteiger charge is 2.16. The summed E-state index contributed by atoms with van der Waals surface area (Å²) in [7, 11) is 1.99. The summed E-state index contributed by atoms with van der Waals surface area (Å²) >= 11 is 0. The molecule has 0 amide bonds. The molecule has 1 aromatic rings. The van der Waals surface area contributed by atoms with Crippen LogP contribution in [0.5, 0.6) is 0 Å². The van der Waals surface area contributed by atoms with E-state index >= 15 is 0 Å². The molecule has 1 saturated carbocycles. The lowest BCUT2D eigenvalue weighted by molar-refractivity contribution is 0.303. The van der Waals surface area contributed by atoms with Crippen molar-refractivity contribution in [2.24, 2.45) is 11.7 Å². The van der Waals surface area contributed by atoms with E-state index < -0.39 is 0 Å². The summed E-state index contributed by atoms with van der Waals surface area (Å²) in [5, 5.41) is 3.37. The molecule has 1 fully saturated rings. The first-order valence-corrected chi connectivity index (χ1v) is 6.76. The van der Waals surface area contributed by atoms with E-state index in [0.29, 0.717) is 6.54 Å². The van der Waals surface area contributed by atoms with Gasteiger partial charge in [-0.15, -0.1) is 0 Å². The predicted molar refractivity (Wildman–Crippen MR) is 74.8 cm³/mol. The van der Waals surface area contributed by atoms with Crippen LogP contribution in [0.2, 0.25) is 0 Å². The van der Waals surface area contributed by atoms with Gasteiger partial charge in [0, 0.05) is 32.7 Å². The summed E-state index contributed by atoms with van der Waals surface area (Å²) in [5.74, 6) is 2.75. The third kappa shape index (κ3) is 3.57. The Labute approximate surface area is 109 Å². The summed E-state index contributed by atoms with van der Waals surface area (Å²) in [4.78, 5) is 10.5. The van der Waals surface area contributed by atoms with E-state index in [0.717, 1.165) is 30.6 Å². The van der Waals surface area contributed by atoms with Gasteiger partial charge in [-0.2, -0.15) is 0 Å². The second-order valence-electron chi connectivity index (χ2n) is 4.98. The minimum absolute atomic E-state index is 0.630. The molecule has 18 heavy (non-hydrogen) atoms. The van der Waals surface area contributed by atoms with Crippen LogP contribution < -0.4 is 16.0 Å². The summed E-state index contributed by atoms with van der Waals surface area (Å²) < 4.78 is 0. The highest BCUT2D eigenvalue weighted by Crippen LogP contribution is 2.29. The summed E-state index contributed by atoms with van der Waals surface area (Å²) in [6, 6.07) is 1.98. The number of nitrogens with zero attached hydrogens (tertiary/aromatic N) is 3. The number of aromatic nitrogens is 2. The van der Waals surface area contributed by atoms with E-state index in [-0.39, 0.29) is 0 Å². The smallest absolute Gasteiger partial charge is 0.133 e. The lowest BCUT2D eigenvalue weighted by Gasteiger charge is -2.25. The SMILES string of the molecule is CN(CCN)c1cc(NCCC2CCC2)ncn1. The zero-order valence-electron chi connectivity index (χ0n) is 11.1. The standard InChI is InChI=1S/C13H23N5/c1-18(8-6-14)13-9-12(16-10-17-13)15-7-5-11-3-2-4-11/h9-11H,2-8,14H2,1H3,(H,15,16,17). The van der Waals surface area contributed by atoms with Crippen molar-refractivity contribution in [3.05, 3.63) is 12.4 Å². The average molecular weight is 249 g/mol. The molecule has 0 bridgehead atoms. The molecule has 0 spiro atoms. The molecule has 0 saturated heterocycles. The molecule has 100 valence electrons. The molecule has 1 aliphatic rings. The molecule has 5 nitrogen and oxygen atoms in total. The maximum Gasteiger partial charge on any atom is 0.133 e. The predicted octanol–water partition coefficient (Wildman–Crippen LogP) is 1.47. The molecule has 3 N–H and O–H groups in total. The van der Waals surface area contributed by atoms with Crippen LogP contribution in [0.15, 0.2) is 12.4 Å². The molecule has 1 heterocycles. The topological polar surface area (TPSA) is 67.1 Å². The molecule has 0 unspecified atom stereocenters. The number of nitrogens with one attached hydrogen (secondary N) is 1. The highest BCUT2D eigenvalue weighted by molar-refractivity contribution is 5.47. The normalized spacial score (nSPS) is 15.2. The van der Waals surface area contributed by atoms with Gasteiger partial charge < -0.3 is 16.0 Å². The maximum absolute atomic E-state index is 5.54. The lowest BCUT2D eigenvalue weighted by Crippen LogP contribution is -2.26. The summed E-state index contributed by atoms with van der Waals surface area (Å²) in [6.45, 7) is 2.44. The zero-order chi connectivity index (χ0) is 12.8. The number of anilines is 2. The first-order valence-electron chi connectivity index (χ1n) is 6.76. The molecule has 2 rings (SSSR count). The Morgan fingerprint density at radius 1 is 1.44 bits per heavy atom. The van der Waals surface area contributed by atoms with Crippen LogP contribution in [0.1, 0.15) is 25.7 Å². The monoisotopic (exact) mass is 249 g/mol. The van der Waals surface area contributed by atoms with Crippen LogP contribution in [0.3, 0.4) is 0 Å². The van der Waals surface area contributed by atoms with Crippen LogP contribution in [-0.2, 0) is 0 Å². The van der Waals surface area contributed by atoms with E-state index in [9.17, 15) is 0 Å². The van der Waals surface area contributed by atoms with Crippen molar-refractivity contribution in [3.63, 3.8) is 0 Å². The number of likely N-dealkylation sites (N-methyl/N-ethyl adjacent to an activating group) is 1.